The zero-order valence-corrected chi connectivity index (χ0v) is 64.7. The fourth-order valence-corrected chi connectivity index (χ4v) is 12.1. The Hall–Kier alpha value is -15.2. The second-order valence-electron chi connectivity index (χ2n) is 25.5. The van der Waals surface area contributed by atoms with Crippen LogP contribution in [0.15, 0.2) is 170 Å². The van der Waals surface area contributed by atoms with Crippen molar-refractivity contribution in [1.29, 1.82) is 0 Å². The van der Waals surface area contributed by atoms with Gasteiger partial charge in [-0.2, -0.15) is 66.2 Å². The summed E-state index contributed by atoms with van der Waals surface area (Å²) < 4.78 is 156. The number of hydrogen-bond donors (Lipinski definition) is 8. The molecule has 610 valence electrons. The van der Waals surface area contributed by atoms with Crippen LogP contribution >= 0.6 is 11.6 Å². The van der Waals surface area contributed by atoms with Crippen LogP contribution in [0, 0.1) is 57.9 Å². The summed E-state index contributed by atoms with van der Waals surface area (Å²) in [5.41, 5.74) is 31.8. The number of methoxy groups -OCH3 is 4. The molecular weight excluding hydrogens is 1590 g/mol. The summed E-state index contributed by atoms with van der Waals surface area (Å²) in [6.07, 6.45) is -4.81. The average molecular weight is 1660 g/mol. The van der Waals surface area contributed by atoms with Gasteiger partial charge in [0.05, 0.1) is 72.6 Å². The van der Waals surface area contributed by atoms with Gasteiger partial charge in [0.25, 0.3) is 0 Å². The fourth-order valence-electron chi connectivity index (χ4n) is 11.9. The molecule has 16 aromatic rings. The zero-order valence-electron chi connectivity index (χ0n) is 63.9. The van der Waals surface area contributed by atoms with Crippen LogP contribution in [0.4, 0.5) is 109 Å². The number of nitrogen functional groups attached to an aromatic ring is 4. The number of anilines is 12. The SMILES string of the molecule is COc1ccc2nc(C)n(-c3nc(N)c(F)c(Nc4ccc(C)cc4)n3)c2c1.COc1ccc2nc(C)n(-c3nc(N)c(F)c(Nc4ccc(Cl)cc4)n3)c2c1.COc1ccc2nc(C)n(-c3nc(N)c(F)c(Nc4ccc(OC(F)(F)F)cc4)n3)c2c1.COc1ccc2nc(C)n(-c3nc(N)c(F)c(Nc4ccc(OC(F)F)cc4)n3)c2c1. The number of nitrogens with one attached hydrogen (secondary N) is 4. The molecule has 0 atom stereocenters. The van der Waals surface area contributed by atoms with Crippen LogP contribution < -0.4 is 72.6 Å². The molecule has 8 aromatic carbocycles. The minimum Gasteiger partial charge on any atom is -0.497 e. The van der Waals surface area contributed by atoms with Crippen molar-refractivity contribution in [2.75, 3.05) is 72.6 Å². The molecule has 8 heterocycles. The lowest BCUT2D eigenvalue weighted by molar-refractivity contribution is -0.274. The predicted octanol–water partition coefficient (Wildman–Crippen LogP) is 16.9. The summed E-state index contributed by atoms with van der Waals surface area (Å²) in [4.78, 5) is 51.4. The van der Waals surface area contributed by atoms with Gasteiger partial charge in [-0.15, -0.1) is 13.2 Å². The molecule has 16 rings (SSSR count). The van der Waals surface area contributed by atoms with Crippen molar-refractivity contribution in [1.82, 2.24) is 78.1 Å². The van der Waals surface area contributed by atoms with E-state index in [0.717, 1.165) is 39.8 Å². The van der Waals surface area contributed by atoms with E-state index in [4.69, 9.17) is 53.5 Å². The van der Waals surface area contributed by atoms with Crippen LogP contribution in [0.1, 0.15) is 28.9 Å². The first-order chi connectivity index (χ1) is 56.9. The molecule has 0 aliphatic rings. The lowest BCUT2D eigenvalue weighted by Crippen LogP contribution is -2.17. The molecule has 119 heavy (non-hydrogen) atoms. The maximum atomic E-state index is 14.6. The number of benzene rings is 8. The Kier molecular flexibility index (Phi) is 23.7. The number of nitrogens with two attached hydrogens (primary N) is 4. The van der Waals surface area contributed by atoms with Gasteiger partial charge in [-0.25, -0.2) is 19.9 Å². The van der Waals surface area contributed by atoms with Crippen molar-refractivity contribution in [3.05, 3.63) is 227 Å². The number of ether oxygens (including phenoxy) is 6. The van der Waals surface area contributed by atoms with Crippen LogP contribution in [-0.4, -0.2) is 119 Å². The Labute approximate surface area is 673 Å². The lowest BCUT2D eigenvalue weighted by atomic mass is 10.2. The third-order valence-corrected chi connectivity index (χ3v) is 17.7. The first-order valence-corrected chi connectivity index (χ1v) is 35.6. The van der Waals surface area contributed by atoms with E-state index in [1.165, 1.54) is 43.5 Å². The highest BCUT2D eigenvalue weighted by Gasteiger charge is 2.31. The highest BCUT2D eigenvalue weighted by molar-refractivity contribution is 6.30. The van der Waals surface area contributed by atoms with Crippen LogP contribution in [-0.2, 0) is 0 Å². The molecule has 0 spiro atoms. The van der Waals surface area contributed by atoms with Crippen molar-refractivity contribution in [2.45, 2.75) is 47.6 Å². The Morgan fingerprint density at radius 2 is 0.580 bits per heavy atom. The molecule has 0 saturated heterocycles. The van der Waals surface area contributed by atoms with E-state index in [1.807, 2.05) is 81.4 Å². The molecular formula is C79H68ClF9N24O6. The summed E-state index contributed by atoms with van der Waals surface area (Å²) in [6.45, 7) is 6.15. The highest BCUT2D eigenvalue weighted by Crippen LogP contribution is 2.35. The number of rotatable bonds is 19. The van der Waals surface area contributed by atoms with Crippen molar-refractivity contribution >= 4 is 125 Å². The Morgan fingerprint density at radius 3 is 0.832 bits per heavy atom. The van der Waals surface area contributed by atoms with Crippen molar-refractivity contribution < 1.29 is 67.9 Å². The third-order valence-electron chi connectivity index (χ3n) is 17.5. The smallest absolute Gasteiger partial charge is 0.497 e. The summed E-state index contributed by atoms with van der Waals surface area (Å²) in [5, 5.41) is 11.9. The molecule has 0 radical (unpaired) electrons. The van der Waals surface area contributed by atoms with Gasteiger partial charge in [-0.3, -0.25) is 18.3 Å². The molecule has 12 N–H and O–H groups in total. The van der Waals surface area contributed by atoms with Gasteiger partial charge in [-0.1, -0.05) is 29.3 Å². The first-order valence-electron chi connectivity index (χ1n) is 35.2. The summed E-state index contributed by atoms with van der Waals surface area (Å²) >= 11 is 5.89. The minimum absolute atomic E-state index is 0.00417. The van der Waals surface area contributed by atoms with Crippen molar-refractivity contribution in [3.63, 3.8) is 0 Å². The molecule has 0 aliphatic heterocycles. The Balaban J connectivity index is 0.000000138. The zero-order chi connectivity index (χ0) is 84.8. The number of aromatic nitrogens is 16. The Morgan fingerprint density at radius 1 is 0.336 bits per heavy atom. The molecule has 0 aliphatic carbocycles. The quantitative estimate of drug-likeness (QED) is 0.0349. The molecule has 40 heteroatoms. The maximum Gasteiger partial charge on any atom is 0.573 e. The summed E-state index contributed by atoms with van der Waals surface area (Å²) in [5.74, 6) is -0.000337. The normalized spacial score (nSPS) is 11.2. The van der Waals surface area contributed by atoms with Gasteiger partial charge in [0.15, 0.2) is 46.5 Å². The van der Waals surface area contributed by atoms with Crippen LogP contribution in [0.5, 0.6) is 34.5 Å². The number of aryl methyl sites for hydroxylation is 5. The minimum atomic E-state index is -4.81. The maximum absolute atomic E-state index is 14.6. The summed E-state index contributed by atoms with van der Waals surface area (Å²) in [7, 11) is 6.23. The van der Waals surface area contributed by atoms with E-state index < -0.39 is 47.8 Å². The standard InChI is InChI=1S/C20H16F4N6O2.C20H17F3N6O2.C20H19FN6O.C19H16ClFN6O/c1-10-26-14-8-7-13(31-2)9-15(14)30(10)19-28-17(25)16(21)18(29-19)27-11-3-5-12(6-4-11)32-20(22,23)24;1-10-25-14-8-7-13(30-2)9-15(14)29(10)20-27-17(24)16(21)18(28-20)26-11-3-5-12(6-4-11)31-19(22)23;1-11-4-6-13(7-5-11)24-19-17(21)18(22)25-20(26-19)27-12(2)23-15-9-8-14(28-3)10-16(15)27;1-10-23-14-8-7-13(28-2)9-15(14)27(10)19-25-17(22)16(21)18(26-19)24-12-5-3-11(20)4-6-12/h3-9H,1-2H3,(H3,25,27,28,29);3-9,19H,1-2H3,(H3,24,26,27,28);4-10H,1-3H3,(H3,22,24,25,26);3-9H,1-2H3,(H3,22,24,25,26). The van der Waals surface area contributed by atoms with Crippen molar-refractivity contribution in [3.8, 4) is 58.3 Å². The number of nitrogens with zero attached hydrogens (tertiary/aromatic N) is 16. The van der Waals surface area contributed by atoms with E-state index in [9.17, 15) is 39.5 Å². The first kappa shape index (κ1) is 81.8. The van der Waals surface area contributed by atoms with Gasteiger partial charge in [-0.05, 0) is 168 Å². The van der Waals surface area contributed by atoms with Gasteiger partial charge < -0.3 is 72.6 Å². The van der Waals surface area contributed by atoms with Crippen molar-refractivity contribution in [2.24, 2.45) is 0 Å². The molecule has 30 nitrogen and oxygen atoms in total. The number of alkyl halides is 5. The van der Waals surface area contributed by atoms with E-state index in [1.54, 1.807) is 114 Å². The second-order valence-corrected chi connectivity index (χ2v) is 26.0. The highest BCUT2D eigenvalue weighted by atomic mass is 35.5. The Bertz CT molecular complexity index is 6230. The van der Waals surface area contributed by atoms with Gasteiger partial charge >= 0.3 is 13.0 Å². The molecule has 8 aromatic heterocycles. The molecule has 0 amide bonds. The largest absolute Gasteiger partial charge is 0.573 e. The van der Waals surface area contributed by atoms with Gasteiger partial charge in [0.2, 0.25) is 47.1 Å². The molecule has 0 bridgehead atoms. The number of imidazole rings is 4. The van der Waals surface area contributed by atoms with E-state index in [0.29, 0.717) is 90.4 Å². The monoisotopic (exact) mass is 1650 g/mol. The van der Waals surface area contributed by atoms with E-state index >= 15 is 0 Å². The van der Waals surface area contributed by atoms with Gasteiger partial charge in [0, 0.05) is 52.0 Å². The average Bonchev–Trinajstić information content (AvgIpc) is 1.70. The third kappa shape index (κ3) is 18.5. The number of halogens is 10. The van der Waals surface area contributed by atoms with Gasteiger partial charge in [0.1, 0.15) is 57.8 Å². The van der Waals surface area contributed by atoms with E-state index in [-0.39, 0.29) is 76.0 Å². The molecule has 0 unspecified atom stereocenters. The van der Waals surface area contributed by atoms with Crippen LogP contribution in [0.2, 0.25) is 5.02 Å². The number of fused-ring (bicyclic) bond motifs is 4. The summed E-state index contributed by atoms with van der Waals surface area (Å²) in [6, 6.07) is 46.1. The van der Waals surface area contributed by atoms with Crippen LogP contribution in [0.3, 0.4) is 0 Å². The van der Waals surface area contributed by atoms with E-state index in [2.05, 4.69) is 90.5 Å². The number of hydrogen-bond acceptors (Lipinski definition) is 26. The fraction of sp³-hybridized carbons (Fsp3) is 0.139. The molecule has 0 fully saturated rings. The molecule has 0 saturated carbocycles. The van der Waals surface area contributed by atoms with Crippen LogP contribution in [0.25, 0.3) is 67.9 Å². The predicted molar refractivity (Wildman–Crippen MR) is 431 cm³/mol. The lowest BCUT2D eigenvalue weighted by Gasteiger charge is -2.13. The topological polar surface area (TPSA) is 382 Å². The second kappa shape index (κ2) is 34.5.